The highest BCUT2D eigenvalue weighted by Crippen LogP contribution is 2.71. The van der Waals surface area contributed by atoms with Crippen LogP contribution in [0.25, 0.3) is 0 Å². The quantitative estimate of drug-likeness (QED) is 0.166. The number of rotatable bonds is 8. The Morgan fingerprint density at radius 1 is 0.825 bits per heavy atom. The normalized spacial score (nSPS) is 42.5. The van der Waals surface area contributed by atoms with Crippen molar-refractivity contribution >= 4 is 20.0 Å². The number of allylic oxidation sites excluding steroid dienone is 2. The number of fused-ring (bicyclic) bond motifs is 7. The predicted octanol–water partition coefficient (Wildman–Crippen LogP) is 8.82. The molecule has 0 aromatic heterocycles. The minimum atomic E-state index is -1.89. The number of carbonyl (C=O) groups is 2. The number of hydrogen-bond donors (Lipinski definition) is 0. The number of esters is 2. The van der Waals surface area contributed by atoms with Crippen LogP contribution < -0.4 is 0 Å². The third-order valence-electron chi connectivity index (χ3n) is 14.0. The molecule has 0 aromatic rings. The van der Waals surface area contributed by atoms with Crippen LogP contribution in [-0.2, 0) is 19.1 Å². The van der Waals surface area contributed by atoms with E-state index in [2.05, 4.69) is 40.7 Å². The molecule has 0 radical (unpaired) electrons. The zero-order valence-corrected chi connectivity index (χ0v) is 27.7. The van der Waals surface area contributed by atoms with Crippen LogP contribution in [0.2, 0.25) is 23.7 Å². The van der Waals surface area contributed by atoms with E-state index in [-0.39, 0.29) is 28.8 Å². The molecule has 226 valence electrons. The minimum Gasteiger partial charge on any atom is -0.466 e. The van der Waals surface area contributed by atoms with Gasteiger partial charge in [-0.25, -0.2) is 0 Å². The van der Waals surface area contributed by atoms with Crippen molar-refractivity contribution in [1.29, 1.82) is 0 Å². The van der Waals surface area contributed by atoms with Gasteiger partial charge in [-0.1, -0.05) is 77.2 Å². The third kappa shape index (κ3) is 4.49. The minimum absolute atomic E-state index is 0.118. The average Bonchev–Trinajstić information content (AvgIpc) is 3.25. The monoisotopic (exact) mass is 570 g/mol. The van der Waals surface area contributed by atoms with Gasteiger partial charge in [0, 0.05) is 0 Å². The van der Waals surface area contributed by atoms with Gasteiger partial charge in [-0.2, -0.15) is 0 Å². The van der Waals surface area contributed by atoms with Gasteiger partial charge in [-0.15, -0.1) is 0 Å². The van der Waals surface area contributed by atoms with E-state index in [4.69, 9.17) is 9.47 Å². The first kappa shape index (κ1) is 30.4. The van der Waals surface area contributed by atoms with Crippen molar-refractivity contribution in [3.05, 3.63) is 11.6 Å². The van der Waals surface area contributed by atoms with Crippen LogP contribution in [0.5, 0.6) is 0 Å². The summed E-state index contributed by atoms with van der Waals surface area (Å²) in [6.07, 6.45) is 14.7. The van der Waals surface area contributed by atoms with Crippen molar-refractivity contribution in [2.24, 2.45) is 52.3 Å². The lowest BCUT2D eigenvalue weighted by atomic mass is 9.45. The van der Waals surface area contributed by atoms with Crippen molar-refractivity contribution in [3.8, 4) is 0 Å². The molecule has 4 nitrogen and oxygen atoms in total. The Labute approximate surface area is 245 Å². The van der Waals surface area contributed by atoms with Crippen molar-refractivity contribution < 1.29 is 19.1 Å². The Morgan fingerprint density at radius 3 is 2.10 bits per heavy atom. The molecule has 4 saturated carbocycles. The summed E-state index contributed by atoms with van der Waals surface area (Å²) in [5.41, 5.74) is 2.33. The first-order chi connectivity index (χ1) is 19.2. The molecule has 5 heteroatoms. The molecule has 40 heavy (non-hydrogen) atoms. The Bertz CT molecular complexity index is 978. The number of hydrogen-bond acceptors (Lipinski definition) is 4. The lowest BCUT2D eigenvalue weighted by molar-refractivity contribution is -0.162. The Balaban J connectivity index is 1.61. The fourth-order valence-electron chi connectivity index (χ4n) is 11.8. The highest BCUT2D eigenvalue weighted by molar-refractivity contribution is 6.81. The molecule has 5 aliphatic carbocycles. The molecule has 0 amide bonds. The molecular formula is C35H58O4Si. The van der Waals surface area contributed by atoms with Crippen molar-refractivity contribution in [3.63, 3.8) is 0 Å². The van der Waals surface area contributed by atoms with Gasteiger partial charge >= 0.3 is 11.9 Å². The van der Waals surface area contributed by atoms with Gasteiger partial charge in [0.05, 0.1) is 33.1 Å². The molecule has 0 N–H and O–H groups in total. The van der Waals surface area contributed by atoms with Gasteiger partial charge in [0.25, 0.3) is 0 Å². The van der Waals surface area contributed by atoms with E-state index in [1.165, 1.54) is 51.4 Å². The van der Waals surface area contributed by atoms with E-state index in [0.29, 0.717) is 24.5 Å². The van der Waals surface area contributed by atoms with Gasteiger partial charge in [0.15, 0.2) is 0 Å². The maximum absolute atomic E-state index is 14.0. The van der Waals surface area contributed by atoms with Crippen LogP contribution in [0.15, 0.2) is 11.6 Å². The smallest absolute Gasteiger partial charge is 0.310 e. The molecule has 5 aliphatic rings. The van der Waals surface area contributed by atoms with Crippen LogP contribution in [0.4, 0.5) is 0 Å². The summed E-state index contributed by atoms with van der Waals surface area (Å²) < 4.78 is 11.6. The van der Waals surface area contributed by atoms with Crippen molar-refractivity contribution in [2.75, 3.05) is 13.2 Å². The summed E-state index contributed by atoms with van der Waals surface area (Å²) in [4.78, 5) is 27.9. The van der Waals surface area contributed by atoms with Crippen molar-refractivity contribution in [2.45, 2.75) is 130 Å². The second-order valence-electron chi connectivity index (χ2n) is 14.8. The molecule has 0 heterocycles. The van der Waals surface area contributed by atoms with E-state index in [9.17, 15) is 9.59 Å². The Kier molecular flexibility index (Phi) is 8.75. The molecular weight excluding hydrogens is 512 g/mol. The van der Waals surface area contributed by atoms with Gasteiger partial charge in [0.1, 0.15) is 0 Å². The maximum atomic E-state index is 14.0. The molecule has 0 aliphatic heterocycles. The maximum Gasteiger partial charge on any atom is 0.310 e. The zero-order chi connectivity index (χ0) is 28.9. The molecule has 1 unspecified atom stereocenters. The fraction of sp³-hybridized carbons (Fsp3) is 0.886. The van der Waals surface area contributed by atoms with Gasteiger partial charge in [0.2, 0.25) is 0 Å². The lowest BCUT2D eigenvalue weighted by Gasteiger charge is -2.60. The topological polar surface area (TPSA) is 52.6 Å². The highest BCUT2D eigenvalue weighted by atomic mass is 28.3. The molecule has 4 fully saturated rings. The third-order valence-corrected chi connectivity index (χ3v) is 20.2. The van der Waals surface area contributed by atoms with Crippen LogP contribution in [0, 0.1) is 52.3 Å². The number of ether oxygens (including phenoxy) is 2. The van der Waals surface area contributed by atoms with Gasteiger partial charge < -0.3 is 9.47 Å². The molecule has 0 aromatic carbocycles. The standard InChI is InChI=1S/C35H58O4Si/c1-8-38-32(36)30-25-21-27-24-17-16-23-15-13-14-19-34(23,6)26(24)18-20-35(27,7)28(25)22-29(31(30)33(37)39-9-2)40(10-3,11-4)12-5/h22-27,29-31H,8-21H2,1-7H3/t23?,24-,25-,26+,27+,29+,30+,31+,34+,35+/m1/s1. The summed E-state index contributed by atoms with van der Waals surface area (Å²) in [6, 6.07) is 3.40. The molecule has 0 bridgehead atoms. The lowest BCUT2D eigenvalue weighted by Crippen LogP contribution is -2.52. The highest BCUT2D eigenvalue weighted by Gasteiger charge is 2.65. The Morgan fingerprint density at radius 2 is 1.48 bits per heavy atom. The predicted molar refractivity (Wildman–Crippen MR) is 164 cm³/mol. The van der Waals surface area contributed by atoms with Gasteiger partial charge in [-0.05, 0) is 105 Å². The first-order valence-electron chi connectivity index (χ1n) is 17.2. The zero-order valence-electron chi connectivity index (χ0n) is 26.7. The average molecular weight is 571 g/mol. The van der Waals surface area contributed by atoms with Crippen LogP contribution in [0.1, 0.15) is 106 Å². The first-order valence-corrected chi connectivity index (χ1v) is 19.9. The van der Waals surface area contributed by atoms with Gasteiger partial charge in [-0.3, -0.25) is 9.59 Å². The summed E-state index contributed by atoms with van der Waals surface area (Å²) in [5.74, 6) is 2.11. The molecule has 5 rings (SSSR count). The second kappa shape index (κ2) is 11.5. The number of carbonyl (C=O) groups excluding carboxylic acids is 2. The van der Waals surface area contributed by atoms with Crippen LogP contribution in [-0.4, -0.2) is 33.2 Å². The SMILES string of the molecule is CCOC(=O)[C@@H]1[C@@H](C(=O)OCC)[C@@H]([Si](CC)(CC)CC)C=C2[C@H]1C[C@H]1[C@@H]3CCC4CCCC[C@]4(C)[C@H]3CC[C@]21C. The van der Waals surface area contributed by atoms with E-state index in [1.807, 2.05) is 13.8 Å². The summed E-state index contributed by atoms with van der Waals surface area (Å²) in [5, 5.41) is 0. The van der Waals surface area contributed by atoms with Crippen molar-refractivity contribution in [1.82, 2.24) is 0 Å². The van der Waals surface area contributed by atoms with E-state index in [0.717, 1.165) is 42.3 Å². The molecule has 0 spiro atoms. The summed E-state index contributed by atoms with van der Waals surface area (Å²) in [6.45, 7) is 16.7. The molecule has 0 saturated heterocycles. The largest absolute Gasteiger partial charge is 0.466 e. The summed E-state index contributed by atoms with van der Waals surface area (Å²) >= 11 is 0. The van der Waals surface area contributed by atoms with Crippen LogP contribution in [0.3, 0.4) is 0 Å². The van der Waals surface area contributed by atoms with Crippen LogP contribution >= 0.6 is 0 Å². The Hall–Kier alpha value is -1.10. The summed E-state index contributed by atoms with van der Waals surface area (Å²) in [7, 11) is -1.89. The van der Waals surface area contributed by atoms with E-state index >= 15 is 0 Å². The molecule has 10 atom stereocenters. The fourth-order valence-corrected chi connectivity index (χ4v) is 16.3. The second-order valence-corrected chi connectivity index (χ2v) is 20.3. The van der Waals surface area contributed by atoms with E-state index < -0.39 is 19.9 Å². The van der Waals surface area contributed by atoms with E-state index in [1.54, 1.807) is 5.57 Å².